The number of carbonyl (C=O) groups is 1. The number of hydrogen-bond donors (Lipinski definition) is 0. The molecule has 0 unspecified atom stereocenters. The molecule has 0 saturated carbocycles. The molecule has 2 rings (SSSR count). The predicted octanol–water partition coefficient (Wildman–Crippen LogP) is 5.54. The van der Waals surface area contributed by atoms with Crippen LogP contribution in [0.15, 0.2) is 49.8 Å². The Morgan fingerprint density at radius 1 is 1.11 bits per heavy atom. The molecule has 0 radical (unpaired) electrons. The summed E-state index contributed by atoms with van der Waals surface area (Å²) in [6.45, 7) is 0. The van der Waals surface area contributed by atoms with Gasteiger partial charge in [0.1, 0.15) is 5.82 Å². The van der Waals surface area contributed by atoms with Gasteiger partial charge in [-0.05, 0) is 45.8 Å². The van der Waals surface area contributed by atoms with Gasteiger partial charge in [0.2, 0.25) is 0 Å². The standard InChI is InChI=1S/C14H8Br3FO/c15-9-4-5-11(16)10(7-9)13(19)6-8-2-1-3-12(18)14(8)17/h1-5,7H,6H2. The minimum Gasteiger partial charge on any atom is -0.294 e. The molecule has 0 aromatic heterocycles. The highest BCUT2D eigenvalue weighted by atomic mass is 79.9. The van der Waals surface area contributed by atoms with E-state index in [1.54, 1.807) is 24.3 Å². The van der Waals surface area contributed by atoms with Crippen molar-refractivity contribution in [2.75, 3.05) is 0 Å². The summed E-state index contributed by atoms with van der Waals surface area (Å²) in [5.74, 6) is -0.432. The normalized spacial score (nSPS) is 10.5. The molecule has 19 heavy (non-hydrogen) atoms. The second-order valence-electron chi connectivity index (χ2n) is 3.94. The smallest absolute Gasteiger partial charge is 0.168 e. The Morgan fingerprint density at radius 3 is 2.58 bits per heavy atom. The number of hydrogen-bond acceptors (Lipinski definition) is 1. The number of halogens is 4. The minimum atomic E-state index is -0.362. The van der Waals surface area contributed by atoms with Crippen molar-refractivity contribution in [2.45, 2.75) is 6.42 Å². The van der Waals surface area contributed by atoms with Crippen molar-refractivity contribution in [2.24, 2.45) is 0 Å². The Kier molecular flexibility index (Phi) is 4.92. The molecular weight excluding hydrogens is 443 g/mol. The fourth-order valence-corrected chi connectivity index (χ4v) is 2.90. The zero-order chi connectivity index (χ0) is 14.0. The summed E-state index contributed by atoms with van der Waals surface area (Å²) in [6, 6.07) is 10.1. The molecule has 1 nitrogen and oxygen atoms in total. The third kappa shape index (κ3) is 3.52. The van der Waals surface area contributed by atoms with Gasteiger partial charge in [0.05, 0.1) is 4.47 Å². The Labute approximate surface area is 135 Å². The monoisotopic (exact) mass is 448 g/mol. The summed E-state index contributed by atoms with van der Waals surface area (Å²) in [4.78, 5) is 12.3. The summed E-state index contributed by atoms with van der Waals surface area (Å²) in [7, 11) is 0. The van der Waals surface area contributed by atoms with E-state index in [0.29, 0.717) is 15.6 Å². The lowest BCUT2D eigenvalue weighted by Gasteiger charge is -2.07. The fourth-order valence-electron chi connectivity index (χ4n) is 1.66. The van der Waals surface area contributed by atoms with Gasteiger partial charge in [-0.25, -0.2) is 4.39 Å². The van der Waals surface area contributed by atoms with Crippen LogP contribution in [-0.2, 0) is 6.42 Å². The molecule has 5 heteroatoms. The van der Waals surface area contributed by atoms with Crippen LogP contribution in [0, 0.1) is 5.82 Å². The van der Waals surface area contributed by atoms with Gasteiger partial charge in [-0.2, -0.15) is 0 Å². The lowest BCUT2D eigenvalue weighted by atomic mass is 10.0. The molecule has 0 atom stereocenters. The average Bonchev–Trinajstić information content (AvgIpc) is 2.38. The molecular formula is C14H8Br3FO. The van der Waals surface area contributed by atoms with Crippen molar-refractivity contribution < 1.29 is 9.18 Å². The minimum absolute atomic E-state index is 0.0699. The lowest BCUT2D eigenvalue weighted by Crippen LogP contribution is -2.05. The van der Waals surface area contributed by atoms with E-state index < -0.39 is 0 Å². The SMILES string of the molecule is O=C(Cc1cccc(F)c1Br)c1cc(Br)ccc1Br. The summed E-state index contributed by atoms with van der Waals surface area (Å²) < 4.78 is 15.3. The summed E-state index contributed by atoms with van der Waals surface area (Å²) in [5, 5.41) is 0. The number of ketones is 1. The van der Waals surface area contributed by atoms with E-state index in [9.17, 15) is 9.18 Å². The Hall–Kier alpha value is -0.520. The van der Waals surface area contributed by atoms with Crippen molar-refractivity contribution in [3.8, 4) is 0 Å². The molecule has 0 saturated heterocycles. The Balaban J connectivity index is 2.31. The molecule has 0 bridgehead atoms. The highest BCUT2D eigenvalue weighted by molar-refractivity contribution is 9.11. The van der Waals surface area contributed by atoms with E-state index in [1.807, 2.05) is 6.07 Å². The van der Waals surface area contributed by atoms with Crippen LogP contribution in [0.25, 0.3) is 0 Å². The first kappa shape index (κ1) is 14.9. The number of benzene rings is 2. The summed E-state index contributed by atoms with van der Waals surface area (Å²) in [6.07, 6.45) is 0.146. The van der Waals surface area contributed by atoms with Crippen LogP contribution >= 0.6 is 47.8 Å². The molecule has 0 aliphatic rings. The zero-order valence-electron chi connectivity index (χ0n) is 9.59. The van der Waals surface area contributed by atoms with E-state index in [4.69, 9.17) is 0 Å². The lowest BCUT2D eigenvalue weighted by molar-refractivity contribution is 0.0992. The van der Waals surface area contributed by atoms with Crippen molar-refractivity contribution in [3.63, 3.8) is 0 Å². The van der Waals surface area contributed by atoms with Crippen LogP contribution in [0.5, 0.6) is 0 Å². The third-order valence-corrected chi connectivity index (χ3v) is 4.68. The number of Topliss-reactive ketones (excluding diaryl/α,β-unsaturated/α-hetero) is 1. The third-order valence-electron chi connectivity index (χ3n) is 2.61. The highest BCUT2D eigenvalue weighted by Gasteiger charge is 2.14. The average molecular weight is 451 g/mol. The van der Waals surface area contributed by atoms with Gasteiger partial charge in [-0.15, -0.1) is 0 Å². The van der Waals surface area contributed by atoms with Gasteiger partial charge < -0.3 is 0 Å². The van der Waals surface area contributed by atoms with Gasteiger partial charge in [-0.1, -0.05) is 44.0 Å². The molecule has 98 valence electrons. The molecule has 0 N–H and O–H groups in total. The van der Waals surface area contributed by atoms with Crippen molar-refractivity contribution in [1.82, 2.24) is 0 Å². The van der Waals surface area contributed by atoms with Crippen LogP contribution in [0.2, 0.25) is 0 Å². The molecule has 2 aromatic carbocycles. The van der Waals surface area contributed by atoms with Crippen LogP contribution in [0.3, 0.4) is 0 Å². The maximum atomic E-state index is 13.4. The van der Waals surface area contributed by atoms with Crippen LogP contribution in [0.1, 0.15) is 15.9 Å². The molecule has 0 amide bonds. The highest BCUT2D eigenvalue weighted by Crippen LogP contribution is 2.26. The van der Waals surface area contributed by atoms with Crippen molar-refractivity contribution >= 4 is 53.6 Å². The van der Waals surface area contributed by atoms with Crippen LogP contribution in [-0.4, -0.2) is 5.78 Å². The van der Waals surface area contributed by atoms with Gasteiger partial charge in [0, 0.05) is 20.9 Å². The van der Waals surface area contributed by atoms with Gasteiger partial charge in [-0.3, -0.25) is 4.79 Å². The predicted molar refractivity (Wildman–Crippen MR) is 84.0 cm³/mol. The van der Waals surface area contributed by atoms with Crippen LogP contribution < -0.4 is 0 Å². The zero-order valence-corrected chi connectivity index (χ0v) is 14.3. The largest absolute Gasteiger partial charge is 0.294 e. The van der Waals surface area contributed by atoms with E-state index in [1.165, 1.54) is 6.07 Å². The van der Waals surface area contributed by atoms with E-state index in [2.05, 4.69) is 47.8 Å². The Morgan fingerprint density at radius 2 is 1.84 bits per heavy atom. The molecule has 0 spiro atoms. The molecule has 0 aliphatic heterocycles. The first-order chi connectivity index (χ1) is 8.99. The van der Waals surface area contributed by atoms with E-state index >= 15 is 0 Å². The first-order valence-corrected chi connectivity index (χ1v) is 7.78. The Bertz CT molecular complexity index is 641. The summed E-state index contributed by atoms with van der Waals surface area (Å²) in [5.41, 5.74) is 1.21. The molecule has 2 aromatic rings. The van der Waals surface area contributed by atoms with Crippen LogP contribution in [0.4, 0.5) is 4.39 Å². The number of rotatable bonds is 3. The molecule has 0 heterocycles. The van der Waals surface area contributed by atoms with Crippen molar-refractivity contribution in [3.05, 3.63) is 66.8 Å². The van der Waals surface area contributed by atoms with Gasteiger partial charge in [0.25, 0.3) is 0 Å². The van der Waals surface area contributed by atoms with Gasteiger partial charge in [0.15, 0.2) is 5.78 Å². The van der Waals surface area contributed by atoms with E-state index in [-0.39, 0.29) is 18.0 Å². The number of carbonyl (C=O) groups excluding carboxylic acids is 1. The maximum Gasteiger partial charge on any atom is 0.168 e. The van der Waals surface area contributed by atoms with E-state index in [0.717, 1.165) is 8.95 Å². The molecule has 0 aliphatic carbocycles. The molecule has 0 fully saturated rings. The second-order valence-corrected chi connectivity index (χ2v) is 6.50. The quantitative estimate of drug-likeness (QED) is 0.561. The van der Waals surface area contributed by atoms with Gasteiger partial charge >= 0.3 is 0 Å². The second kappa shape index (κ2) is 6.29. The first-order valence-electron chi connectivity index (χ1n) is 5.40. The van der Waals surface area contributed by atoms with Crippen molar-refractivity contribution in [1.29, 1.82) is 0 Å². The fraction of sp³-hybridized carbons (Fsp3) is 0.0714. The topological polar surface area (TPSA) is 17.1 Å². The maximum absolute atomic E-state index is 13.4. The summed E-state index contributed by atoms with van der Waals surface area (Å²) >= 11 is 9.85.